The summed E-state index contributed by atoms with van der Waals surface area (Å²) in [5.41, 5.74) is 2.18. The highest BCUT2D eigenvalue weighted by Crippen LogP contribution is 2.19. The van der Waals surface area contributed by atoms with Gasteiger partial charge in [0, 0.05) is 29.1 Å². The van der Waals surface area contributed by atoms with Crippen LogP contribution in [0.3, 0.4) is 0 Å². The number of rotatable bonds is 6. The van der Waals surface area contributed by atoms with Crippen molar-refractivity contribution in [2.75, 3.05) is 5.32 Å². The lowest BCUT2D eigenvalue weighted by Crippen LogP contribution is -2.12. The van der Waals surface area contributed by atoms with Crippen LogP contribution >= 0.6 is 11.6 Å². The maximum atomic E-state index is 12.0. The molecule has 0 fully saturated rings. The van der Waals surface area contributed by atoms with Gasteiger partial charge in [0.1, 0.15) is 0 Å². The predicted octanol–water partition coefficient (Wildman–Crippen LogP) is 3.45. The number of aliphatic hydroxyl groups excluding tert-OH is 1. The SMILES string of the molecule is O=C(CCc1nc(-c2ccc(Cl)cc2)no1)Nc1cccc(CO)c1. The Kier molecular flexibility index (Phi) is 5.42. The van der Waals surface area contributed by atoms with Crippen LogP contribution in [-0.4, -0.2) is 21.2 Å². The Hall–Kier alpha value is -2.70. The van der Waals surface area contributed by atoms with E-state index in [9.17, 15) is 4.79 Å². The number of aliphatic hydroxyl groups is 1. The van der Waals surface area contributed by atoms with Crippen molar-refractivity contribution < 1.29 is 14.4 Å². The first-order valence-corrected chi connectivity index (χ1v) is 8.10. The van der Waals surface area contributed by atoms with Crippen molar-refractivity contribution in [3.8, 4) is 11.4 Å². The molecule has 2 aromatic carbocycles. The second-order valence-corrected chi connectivity index (χ2v) is 5.86. The Morgan fingerprint density at radius 2 is 2.00 bits per heavy atom. The highest BCUT2D eigenvalue weighted by molar-refractivity contribution is 6.30. The first-order valence-electron chi connectivity index (χ1n) is 7.72. The van der Waals surface area contributed by atoms with Gasteiger partial charge in [-0.3, -0.25) is 4.79 Å². The molecule has 0 aliphatic carbocycles. The average Bonchev–Trinajstić information content (AvgIpc) is 3.10. The minimum Gasteiger partial charge on any atom is -0.392 e. The number of hydrogen-bond acceptors (Lipinski definition) is 5. The zero-order valence-corrected chi connectivity index (χ0v) is 14.0. The van der Waals surface area contributed by atoms with E-state index in [0.29, 0.717) is 28.8 Å². The number of aryl methyl sites for hydroxylation is 1. The molecule has 1 aromatic heterocycles. The molecule has 0 unspecified atom stereocenters. The molecule has 2 N–H and O–H groups in total. The minimum atomic E-state index is -0.165. The number of benzene rings is 2. The lowest BCUT2D eigenvalue weighted by molar-refractivity contribution is -0.116. The third-order valence-corrected chi connectivity index (χ3v) is 3.78. The molecule has 128 valence electrons. The normalized spacial score (nSPS) is 10.6. The Labute approximate surface area is 149 Å². The standard InChI is InChI=1S/C18H16ClN3O3/c19-14-6-4-13(5-7-14)18-21-17(25-22-18)9-8-16(24)20-15-3-1-2-12(10-15)11-23/h1-7,10,23H,8-9,11H2,(H,20,24). The average molecular weight is 358 g/mol. The van der Waals surface area contributed by atoms with Crippen LogP contribution in [0.1, 0.15) is 17.9 Å². The summed E-state index contributed by atoms with van der Waals surface area (Å²) < 4.78 is 5.18. The lowest BCUT2D eigenvalue weighted by Gasteiger charge is -2.05. The van der Waals surface area contributed by atoms with Crippen LogP contribution in [0.4, 0.5) is 5.69 Å². The predicted molar refractivity (Wildman–Crippen MR) is 94.1 cm³/mol. The van der Waals surface area contributed by atoms with E-state index in [1.165, 1.54) is 0 Å². The smallest absolute Gasteiger partial charge is 0.227 e. The van der Waals surface area contributed by atoms with Crippen LogP contribution < -0.4 is 5.32 Å². The number of amides is 1. The van der Waals surface area contributed by atoms with E-state index in [0.717, 1.165) is 11.1 Å². The molecule has 0 radical (unpaired) electrons. The highest BCUT2D eigenvalue weighted by Gasteiger charge is 2.11. The number of halogens is 1. The Morgan fingerprint density at radius 1 is 1.20 bits per heavy atom. The molecule has 0 bridgehead atoms. The van der Waals surface area contributed by atoms with Gasteiger partial charge in [-0.15, -0.1) is 0 Å². The van der Waals surface area contributed by atoms with Crippen molar-refractivity contribution in [1.82, 2.24) is 10.1 Å². The summed E-state index contributed by atoms with van der Waals surface area (Å²) in [6.07, 6.45) is 0.553. The maximum Gasteiger partial charge on any atom is 0.227 e. The van der Waals surface area contributed by atoms with Gasteiger partial charge in [0.15, 0.2) is 0 Å². The quantitative estimate of drug-likeness (QED) is 0.705. The van der Waals surface area contributed by atoms with Gasteiger partial charge in [0.05, 0.1) is 6.61 Å². The molecule has 1 heterocycles. The number of anilines is 1. The van der Waals surface area contributed by atoms with Crippen LogP contribution in [0.2, 0.25) is 5.02 Å². The van der Waals surface area contributed by atoms with Crippen molar-refractivity contribution in [2.24, 2.45) is 0 Å². The summed E-state index contributed by atoms with van der Waals surface area (Å²) in [5, 5.41) is 16.4. The first-order chi connectivity index (χ1) is 12.1. The van der Waals surface area contributed by atoms with E-state index in [4.69, 9.17) is 21.2 Å². The van der Waals surface area contributed by atoms with Crippen LogP contribution in [0.15, 0.2) is 53.1 Å². The summed E-state index contributed by atoms with van der Waals surface area (Å²) in [7, 11) is 0. The second kappa shape index (κ2) is 7.92. The molecule has 25 heavy (non-hydrogen) atoms. The molecule has 0 aliphatic rings. The summed E-state index contributed by atoms with van der Waals surface area (Å²) in [4.78, 5) is 16.3. The Morgan fingerprint density at radius 3 is 2.76 bits per heavy atom. The molecule has 0 aliphatic heterocycles. The number of carbonyl (C=O) groups is 1. The molecule has 0 saturated carbocycles. The summed E-state index contributed by atoms with van der Waals surface area (Å²) in [6.45, 7) is -0.0703. The van der Waals surface area contributed by atoms with E-state index in [1.807, 2.05) is 0 Å². The van der Waals surface area contributed by atoms with Crippen LogP contribution in [0, 0.1) is 0 Å². The van der Waals surface area contributed by atoms with Gasteiger partial charge >= 0.3 is 0 Å². The number of nitrogens with one attached hydrogen (secondary N) is 1. The van der Waals surface area contributed by atoms with E-state index < -0.39 is 0 Å². The van der Waals surface area contributed by atoms with Crippen molar-refractivity contribution >= 4 is 23.2 Å². The monoisotopic (exact) mass is 357 g/mol. The molecule has 1 amide bonds. The molecule has 0 spiro atoms. The van der Waals surface area contributed by atoms with Gasteiger partial charge in [-0.25, -0.2) is 0 Å². The Bertz CT molecular complexity index is 862. The zero-order valence-electron chi connectivity index (χ0n) is 13.3. The summed E-state index contributed by atoms with van der Waals surface area (Å²) >= 11 is 5.85. The second-order valence-electron chi connectivity index (χ2n) is 5.43. The largest absolute Gasteiger partial charge is 0.392 e. The van der Waals surface area contributed by atoms with E-state index in [2.05, 4.69) is 15.5 Å². The molecule has 6 nitrogen and oxygen atoms in total. The van der Waals surface area contributed by atoms with Crippen molar-refractivity contribution in [1.29, 1.82) is 0 Å². The molecule has 7 heteroatoms. The van der Waals surface area contributed by atoms with Gasteiger partial charge in [-0.1, -0.05) is 28.9 Å². The van der Waals surface area contributed by atoms with Crippen LogP contribution in [0.5, 0.6) is 0 Å². The van der Waals surface area contributed by atoms with Crippen LogP contribution in [-0.2, 0) is 17.8 Å². The van der Waals surface area contributed by atoms with Crippen molar-refractivity contribution in [3.05, 3.63) is 65.0 Å². The zero-order chi connectivity index (χ0) is 17.6. The molecule has 0 atom stereocenters. The molecular formula is C18H16ClN3O3. The highest BCUT2D eigenvalue weighted by atomic mass is 35.5. The third-order valence-electron chi connectivity index (χ3n) is 3.53. The van der Waals surface area contributed by atoms with E-state index in [1.54, 1.807) is 48.5 Å². The Balaban J connectivity index is 1.56. The van der Waals surface area contributed by atoms with Gasteiger partial charge in [0.25, 0.3) is 0 Å². The number of carbonyl (C=O) groups excluding carboxylic acids is 1. The molecular weight excluding hydrogens is 342 g/mol. The van der Waals surface area contributed by atoms with Gasteiger partial charge in [-0.05, 0) is 42.0 Å². The summed E-state index contributed by atoms with van der Waals surface area (Å²) in [6, 6.07) is 14.2. The van der Waals surface area contributed by atoms with Crippen molar-refractivity contribution in [3.63, 3.8) is 0 Å². The van der Waals surface area contributed by atoms with Gasteiger partial charge < -0.3 is 14.9 Å². The van der Waals surface area contributed by atoms with Crippen LogP contribution in [0.25, 0.3) is 11.4 Å². The fourth-order valence-corrected chi connectivity index (χ4v) is 2.39. The van der Waals surface area contributed by atoms with Gasteiger partial charge in [-0.2, -0.15) is 4.98 Å². The fraction of sp³-hybridized carbons (Fsp3) is 0.167. The number of aromatic nitrogens is 2. The third kappa shape index (κ3) is 4.65. The molecule has 3 aromatic rings. The van der Waals surface area contributed by atoms with E-state index >= 15 is 0 Å². The number of hydrogen-bond donors (Lipinski definition) is 2. The van der Waals surface area contributed by atoms with Gasteiger partial charge in [0.2, 0.25) is 17.6 Å². The topological polar surface area (TPSA) is 88.2 Å². The number of nitrogens with zero attached hydrogens (tertiary/aromatic N) is 2. The van der Waals surface area contributed by atoms with Crippen molar-refractivity contribution in [2.45, 2.75) is 19.4 Å². The van der Waals surface area contributed by atoms with E-state index in [-0.39, 0.29) is 18.9 Å². The molecule has 3 rings (SSSR count). The minimum absolute atomic E-state index is 0.0703. The maximum absolute atomic E-state index is 12.0. The molecule has 0 saturated heterocycles. The first kappa shape index (κ1) is 17.1. The summed E-state index contributed by atoms with van der Waals surface area (Å²) in [5.74, 6) is 0.688. The fourth-order valence-electron chi connectivity index (χ4n) is 2.26. The lowest BCUT2D eigenvalue weighted by atomic mass is 10.2.